The van der Waals surface area contributed by atoms with Crippen LogP contribution in [0.1, 0.15) is 13.8 Å². The Labute approximate surface area is 107 Å². The molecule has 1 aromatic heterocycles. The summed E-state index contributed by atoms with van der Waals surface area (Å²) >= 11 is 0. The fourth-order valence-corrected chi connectivity index (χ4v) is 1.23. The van der Waals surface area contributed by atoms with Crippen LogP contribution in [-0.4, -0.2) is 54.5 Å². The maximum absolute atomic E-state index is 5.21. The van der Waals surface area contributed by atoms with E-state index < -0.39 is 0 Å². The summed E-state index contributed by atoms with van der Waals surface area (Å²) in [5.74, 6) is 1.09. The first-order valence-corrected chi connectivity index (χ1v) is 6.19. The molecule has 0 saturated heterocycles. The SMILES string of the molecule is CCOCCNc1ncnc(NCCOCC)n1. The maximum Gasteiger partial charge on any atom is 0.227 e. The van der Waals surface area contributed by atoms with E-state index in [1.54, 1.807) is 0 Å². The topological polar surface area (TPSA) is 81.2 Å². The minimum Gasteiger partial charge on any atom is -0.380 e. The lowest BCUT2D eigenvalue weighted by Gasteiger charge is -2.07. The van der Waals surface area contributed by atoms with Crippen molar-refractivity contribution in [1.82, 2.24) is 15.0 Å². The van der Waals surface area contributed by atoms with Crippen molar-refractivity contribution in [3.05, 3.63) is 6.33 Å². The molecule has 1 heterocycles. The highest BCUT2D eigenvalue weighted by molar-refractivity contribution is 5.32. The van der Waals surface area contributed by atoms with Gasteiger partial charge in [0.05, 0.1) is 13.2 Å². The molecule has 0 bridgehead atoms. The largest absolute Gasteiger partial charge is 0.380 e. The van der Waals surface area contributed by atoms with E-state index in [4.69, 9.17) is 9.47 Å². The third kappa shape index (κ3) is 6.31. The van der Waals surface area contributed by atoms with E-state index in [-0.39, 0.29) is 0 Å². The zero-order valence-electron chi connectivity index (χ0n) is 11.0. The Morgan fingerprint density at radius 2 is 1.44 bits per heavy atom. The summed E-state index contributed by atoms with van der Waals surface area (Å²) in [6, 6.07) is 0. The zero-order chi connectivity index (χ0) is 13.1. The highest BCUT2D eigenvalue weighted by atomic mass is 16.5. The van der Waals surface area contributed by atoms with Gasteiger partial charge in [-0.05, 0) is 13.8 Å². The molecule has 102 valence electrons. The van der Waals surface area contributed by atoms with Crippen LogP contribution in [0.25, 0.3) is 0 Å². The second-order valence-electron chi connectivity index (χ2n) is 3.38. The van der Waals surface area contributed by atoms with Gasteiger partial charge in [0.15, 0.2) is 0 Å². The van der Waals surface area contributed by atoms with Gasteiger partial charge in [0.25, 0.3) is 0 Å². The van der Waals surface area contributed by atoms with E-state index in [0.29, 0.717) is 51.4 Å². The molecule has 0 aliphatic rings. The molecular formula is C11H21N5O2. The molecule has 7 heteroatoms. The van der Waals surface area contributed by atoms with Crippen LogP contribution in [0.5, 0.6) is 0 Å². The van der Waals surface area contributed by atoms with E-state index in [0.717, 1.165) is 0 Å². The lowest BCUT2D eigenvalue weighted by atomic mass is 10.6. The Morgan fingerprint density at radius 1 is 0.944 bits per heavy atom. The van der Waals surface area contributed by atoms with Crippen molar-refractivity contribution >= 4 is 11.9 Å². The van der Waals surface area contributed by atoms with Crippen molar-refractivity contribution in [1.29, 1.82) is 0 Å². The molecule has 0 saturated carbocycles. The molecule has 0 fully saturated rings. The highest BCUT2D eigenvalue weighted by Gasteiger charge is 1.99. The summed E-state index contributed by atoms with van der Waals surface area (Å²) in [5, 5.41) is 6.13. The number of nitrogens with zero attached hydrogens (tertiary/aromatic N) is 3. The Hall–Kier alpha value is -1.47. The molecular weight excluding hydrogens is 234 g/mol. The molecule has 0 spiro atoms. The molecule has 0 aromatic carbocycles. The fraction of sp³-hybridized carbons (Fsp3) is 0.727. The summed E-state index contributed by atoms with van der Waals surface area (Å²) in [6.45, 7) is 7.97. The summed E-state index contributed by atoms with van der Waals surface area (Å²) < 4.78 is 10.4. The smallest absolute Gasteiger partial charge is 0.227 e. The van der Waals surface area contributed by atoms with Crippen LogP contribution in [0, 0.1) is 0 Å². The quantitative estimate of drug-likeness (QED) is 0.597. The molecule has 0 aliphatic carbocycles. The van der Waals surface area contributed by atoms with E-state index in [1.165, 1.54) is 6.33 Å². The molecule has 0 aliphatic heterocycles. The van der Waals surface area contributed by atoms with Crippen molar-refractivity contribution in [2.45, 2.75) is 13.8 Å². The third-order valence-electron chi connectivity index (χ3n) is 2.04. The Bertz CT molecular complexity index is 297. The standard InChI is InChI=1S/C11H21N5O2/c1-3-17-7-5-12-10-14-9-15-11(16-10)13-6-8-18-4-2/h9H,3-8H2,1-2H3,(H2,12,13,14,15,16). The molecule has 18 heavy (non-hydrogen) atoms. The number of hydrogen-bond donors (Lipinski definition) is 2. The minimum absolute atomic E-state index is 0.545. The molecule has 1 aromatic rings. The van der Waals surface area contributed by atoms with Crippen LogP contribution >= 0.6 is 0 Å². The number of ether oxygens (including phenoxy) is 2. The van der Waals surface area contributed by atoms with Gasteiger partial charge in [0.1, 0.15) is 6.33 Å². The van der Waals surface area contributed by atoms with E-state index >= 15 is 0 Å². The number of rotatable bonds is 10. The summed E-state index contributed by atoms with van der Waals surface area (Å²) in [5.41, 5.74) is 0. The summed E-state index contributed by atoms with van der Waals surface area (Å²) in [4.78, 5) is 12.3. The summed E-state index contributed by atoms with van der Waals surface area (Å²) in [6.07, 6.45) is 1.47. The predicted octanol–water partition coefficient (Wildman–Crippen LogP) is 0.768. The zero-order valence-corrected chi connectivity index (χ0v) is 11.0. The minimum atomic E-state index is 0.545. The first-order chi connectivity index (χ1) is 8.86. The van der Waals surface area contributed by atoms with Crippen molar-refractivity contribution in [2.75, 3.05) is 50.2 Å². The first-order valence-electron chi connectivity index (χ1n) is 6.19. The number of hydrogen-bond acceptors (Lipinski definition) is 7. The van der Waals surface area contributed by atoms with Crippen LogP contribution in [0.2, 0.25) is 0 Å². The van der Waals surface area contributed by atoms with Gasteiger partial charge < -0.3 is 20.1 Å². The van der Waals surface area contributed by atoms with Gasteiger partial charge in [-0.3, -0.25) is 0 Å². The number of anilines is 2. The second-order valence-corrected chi connectivity index (χ2v) is 3.38. The highest BCUT2D eigenvalue weighted by Crippen LogP contribution is 2.00. The monoisotopic (exact) mass is 255 g/mol. The normalized spacial score (nSPS) is 10.3. The molecule has 1 rings (SSSR count). The number of aromatic nitrogens is 3. The summed E-state index contributed by atoms with van der Waals surface area (Å²) in [7, 11) is 0. The number of nitrogens with one attached hydrogen (secondary N) is 2. The van der Waals surface area contributed by atoms with Crippen LogP contribution in [0.4, 0.5) is 11.9 Å². The van der Waals surface area contributed by atoms with Gasteiger partial charge in [0, 0.05) is 26.3 Å². The van der Waals surface area contributed by atoms with Crippen LogP contribution in [0.3, 0.4) is 0 Å². The van der Waals surface area contributed by atoms with Crippen molar-refractivity contribution < 1.29 is 9.47 Å². The first kappa shape index (κ1) is 14.6. The van der Waals surface area contributed by atoms with Gasteiger partial charge in [-0.25, -0.2) is 9.97 Å². The van der Waals surface area contributed by atoms with Gasteiger partial charge >= 0.3 is 0 Å². The van der Waals surface area contributed by atoms with Crippen LogP contribution < -0.4 is 10.6 Å². The molecule has 0 atom stereocenters. The van der Waals surface area contributed by atoms with Crippen molar-refractivity contribution in [2.24, 2.45) is 0 Å². The Morgan fingerprint density at radius 3 is 1.89 bits per heavy atom. The van der Waals surface area contributed by atoms with Gasteiger partial charge in [-0.1, -0.05) is 0 Å². The van der Waals surface area contributed by atoms with Crippen molar-refractivity contribution in [3.63, 3.8) is 0 Å². The lowest BCUT2D eigenvalue weighted by molar-refractivity contribution is 0.158. The Kier molecular flexibility index (Phi) is 7.74. The van der Waals surface area contributed by atoms with E-state index in [1.807, 2.05) is 13.8 Å². The molecule has 0 unspecified atom stereocenters. The van der Waals surface area contributed by atoms with Gasteiger partial charge in [-0.15, -0.1) is 0 Å². The van der Waals surface area contributed by atoms with E-state index in [9.17, 15) is 0 Å². The molecule has 7 nitrogen and oxygen atoms in total. The van der Waals surface area contributed by atoms with Gasteiger partial charge in [-0.2, -0.15) is 4.98 Å². The van der Waals surface area contributed by atoms with Gasteiger partial charge in [0.2, 0.25) is 11.9 Å². The fourth-order valence-electron chi connectivity index (χ4n) is 1.23. The van der Waals surface area contributed by atoms with E-state index in [2.05, 4.69) is 25.6 Å². The third-order valence-corrected chi connectivity index (χ3v) is 2.04. The lowest BCUT2D eigenvalue weighted by Crippen LogP contribution is -2.15. The molecule has 0 amide bonds. The maximum atomic E-state index is 5.21. The predicted molar refractivity (Wildman–Crippen MR) is 69.8 cm³/mol. The van der Waals surface area contributed by atoms with Crippen molar-refractivity contribution in [3.8, 4) is 0 Å². The molecule has 0 radical (unpaired) electrons. The second kappa shape index (κ2) is 9.55. The Balaban J connectivity index is 2.27. The average molecular weight is 255 g/mol. The van der Waals surface area contributed by atoms with Crippen LogP contribution in [0.15, 0.2) is 6.33 Å². The average Bonchev–Trinajstić information content (AvgIpc) is 2.40. The van der Waals surface area contributed by atoms with Crippen LogP contribution in [-0.2, 0) is 9.47 Å². The molecule has 2 N–H and O–H groups in total.